The monoisotopic (exact) mass is 434 g/mol. The first-order valence-corrected chi connectivity index (χ1v) is 10.9. The highest BCUT2D eigenvalue weighted by molar-refractivity contribution is 8.06. The highest BCUT2D eigenvalue weighted by Gasteiger charge is 2.40. The van der Waals surface area contributed by atoms with E-state index in [1.807, 2.05) is 6.08 Å². The second-order valence-electron chi connectivity index (χ2n) is 7.21. The maximum atomic E-state index is 15.1. The molecular weight excluding hydrogens is 402 g/mol. The van der Waals surface area contributed by atoms with Crippen molar-refractivity contribution in [1.82, 2.24) is 15.5 Å². The van der Waals surface area contributed by atoms with Gasteiger partial charge in [0.15, 0.2) is 0 Å². The van der Waals surface area contributed by atoms with Gasteiger partial charge in [-0.25, -0.2) is 0 Å². The molecule has 1 heterocycles. The van der Waals surface area contributed by atoms with E-state index in [-0.39, 0.29) is 23.5 Å². The number of rotatable bonds is 11. The standard InChI is InChI=1S/C23H32F2N4S/c1-5-11-21(22(26)27-4)30-18(3)28-16-20-14-9-10-15-29(20)17(2)23(24,25)19-12-7-6-8-13-19/h5-8,11-13,20,22,27-28H,1-3,9-10,14-16,26H2,4H3/b21-11-. The van der Waals surface area contributed by atoms with Gasteiger partial charge in [0.05, 0.1) is 16.9 Å². The van der Waals surface area contributed by atoms with E-state index in [4.69, 9.17) is 5.73 Å². The van der Waals surface area contributed by atoms with Gasteiger partial charge < -0.3 is 21.3 Å². The number of likely N-dealkylation sites (N-methyl/N-ethyl adjacent to an activating group) is 1. The molecule has 4 nitrogen and oxygen atoms in total. The molecule has 0 radical (unpaired) electrons. The topological polar surface area (TPSA) is 53.3 Å². The third-order valence-corrected chi connectivity index (χ3v) is 6.16. The lowest BCUT2D eigenvalue weighted by Crippen LogP contribution is -2.47. The Hall–Kier alpha value is -2.09. The first-order chi connectivity index (χ1) is 14.3. The zero-order chi connectivity index (χ0) is 22.1. The van der Waals surface area contributed by atoms with Gasteiger partial charge in [-0.15, -0.1) is 0 Å². The van der Waals surface area contributed by atoms with Crippen LogP contribution in [0.2, 0.25) is 0 Å². The summed E-state index contributed by atoms with van der Waals surface area (Å²) >= 11 is 1.41. The minimum absolute atomic E-state index is 0.0347. The van der Waals surface area contributed by atoms with Crippen LogP contribution in [0.5, 0.6) is 0 Å². The number of benzene rings is 1. The molecule has 2 rings (SSSR count). The second-order valence-corrected chi connectivity index (χ2v) is 8.38. The smallest absolute Gasteiger partial charge is 0.312 e. The molecule has 0 bridgehead atoms. The van der Waals surface area contributed by atoms with E-state index in [0.717, 1.165) is 24.2 Å². The fraction of sp³-hybridized carbons (Fsp3) is 0.391. The van der Waals surface area contributed by atoms with Crippen LogP contribution in [-0.2, 0) is 5.92 Å². The van der Waals surface area contributed by atoms with Crippen LogP contribution < -0.4 is 16.4 Å². The molecule has 1 aliphatic rings. The number of nitrogens with two attached hydrogens (primary N) is 1. The van der Waals surface area contributed by atoms with Gasteiger partial charge in [0.1, 0.15) is 0 Å². The summed E-state index contributed by atoms with van der Waals surface area (Å²) in [6.07, 6.45) is 5.86. The lowest BCUT2D eigenvalue weighted by atomic mass is 9.98. The summed E-state index contributed by atoms with van der Waals surface area (Å²) < 4.78 is 30.1. The maximum Gasteiger partial charge on any atom is 0.312 e. The number of hydrogen-bond donors (Lipinski definition) is 3. The Balaban J connectivity index is 2.04. The Labute approximate surface area is 183 Å². The predicted molar refractivity (Wildman–Crippen MR) is 124 cm³/mol. The fourth-order valence-electron chi connectivity index (χ4n) is 3.43. The lowest BCUT2D eigenvalue weighted by molar-refractivity contribution is -0.00676. The minimum atomic E-state index is -3.11. The number of thioether (sulfide) groups is 1. The Morgan fingerprint density at radius 1 is 1.33 bits per heavy atom. The van der Waals surface area contributed by atoms with E-state index < -0.39 is 5.92 Å². The molecule has 0 aromatic heterocycles. The van der Waals surface area contributed by atoms with Gasteiger partial charge in [-0.2, -0.15) is 8.78 Å². The first-order valence-electron chi connectivity index (χ1n) is 10.1. The number of piperidine rings is 1. The molecule has 1 aromatic carbocycles. The summed E-state index contributed by atoms with van der Waals surface area (Å²) in [6.45, 7) is 12.6. The SMILES string of the molecule is C=C/C=C(\SC(=C)NCC1CCCCN1C(=C)C(F)(F)c1ccccc1)C(N)NC. The molecule has 30 heavy (non-hydrogen) atoms. The van der Waals surface area contributed by atoms with Gasteiger partial charge >= 0.3 is 5.92 Å². The number of nitrogens with zero attached hydrogens (tertiary/aromatic N) is 1. The van der Waals surface area contributed by atoms with Crippen molar-refractivity contribution in [2.45, 2.75) is 37.4 Å². The van der Waals surface area contributed by atoms with Crippen LogP contribution in [0.1, 0.15) is 24.8 Å². The second kappa shape index (κ2) is 11.3. The highest BCUT2D eigenvalue weighted by Crippen LogP contribution is 2.39. The summed E-state index contributed by atoms with van der Waals surface area (Å²) in [5.74, 6) is -3.11. The average Bonchev–Trinajstić information content (AvgIpc) is 2.77. The van der Waals surface area contributed by atoms with Crippen LogP contribution in [0.25, 0.3) is 0 Å². The molecule has 0 amide bonds. The number of nitrogens with one attached hydrogen (secondary N) is 2. The van der Waals surface area contributed by atoms with Crippen molar-refractivity contribution in [2.24, 2.45) is 5.73 Å². The molecule has 2 atom stereocenters. The zero-order valence-electron chi connectivity index (χ0n) is 17.5. The third-order valence-electron chi connectivity index (χ3n) is 5.15. The van der Waals surface area contributed by atoms with Crippen molar-refractivity contribution < 1.29 is 8.78 Å². The molecule has 1 fully saturated rings. The normalized spacial score (nSPS) is 18.6. The Kier molecular flexibility index (Phi) is 9.14. The summed E-state index contributed by atoms with van der Waals surface area (Å²) in [5, 5.41) is 6.97. The molecule has 0 aliphatic carbocycles. The van der Waals surface area contributed by atoms with E-state index in [9.17, 15) is 0 Å². The summed E-state index contributed by atoms with van der Waals surface area (Å²) in [4.78, 5) is 2.62. The van der Waals surface area contributed by atoms with E-state index in [1.54, 1.807) is 36.2 Å². The lowest BCUT2D eigenvalue weighted by Gasteiger charge is -2.41. The summed E-state index contributed by atoms with van der Waals surface area (Å²) in [7, 11) is 1.77. The van der Waals surface area contributed by atoms with E-state index in [1.165, 1.54) is 23.9 Å². The van der Waals surface area contributed by atoms with Crippen molar-refractivity contribution >= 4 is 11.8 Å². The molecule has 164 valence electrons. The quantitative estimate of drug-likeness (QED) is 0.353. The number of halogens is 2. The molecule has 1 aliphatic heterocycles. The Morgan fingerprint density at radius 2 is 2.03 bits per heavy atom. The van der Waals surface area contributed by atoms with Crippen LogP contribution in [-0.4, -0.2) is 37.2 Å². The van der Waals surface area contributed by atoms with Gasteiger partial charge in [0, 0.05) is 29.6 Å². The molecule has 1 saturated heterocycles. The zero-order valence-corrected chi connectivity index (χ0v) is 18.4. The van der Waals surface area contributed by atoms with Gasteiger partial charge in [0.2, 0.25) is 0 Å². The van der Waals surface area contributed by atoms with Crippen molar-refractivity contribution in [3.05, 3.63) is 83.4 Å². The Morgan fingerprint density at radius 3 is 2.67 bits per heavy atom. The fourth-order valence-corrected chi connectivity index (χ4v) is 4.28. The maximum absolute atomic E-state index is 15.1. The molecular formula is C23H32F2N4S. The molecule has 0 spiro atoms. The van der Waals surface area contributed by atoms with Crippen LogP contribution >= 0.6 is 11.8 Å². The van der Waals surface area contributed by atoms with Crippen LogP contribution in [0.15, 0.2) is 77.9 Å². The number of hydrogen-bond acceptors (Lipinski definition) is 5. The van der Waals surface area contributed by atoms with Crippen molar-refractivity contribution in [2.75, 3.05) is 20.1 Å². The van der Waals surface area contributed by atoms with Crippen LogP contribution in [0.4, 0.5) is 8.78 Å². The molecule has 4 N–H and O–H groups in total. The third kappa shape index (κ3) is 6.20. The van der Waals surface area contributed by atoms with Crippen molar-refractivity contribution in [1.29, 1.82) is 0 Å². The molecule has 2 unspecified atom stereocenters. The molecule has 1 aromatic rings. The van der Waals surface area contributed by atoms with E-state index in [0.29, 0.717) is 18.1 Å². The van der Waals surface area contributed by atoms with Crippen LogP contribution in [0.3, 0.4) is 0 Å². The van der Waals surface area contributed by atoms with Crippen LogP contribution in [0, 0.1) is 0 Å². The number of alkyl halides is 2. The van der Waals surface area contributed by atoms with Gasteiger partial charge in [0.25, 0.3) is 0 Å². The highest BCUT2D eigenvalue weighted by atomic mass is 32.2. The summed E-state index contributed by atoms with van der Waals surface area (Å²) in [6, 6.07) is 7.78. The van der Waals surface area contributed by atoms with Crippen molar-refractivity contribution in [3.8, 4) is 0 Å². The van der Waals surface area contributed by atoms with Gasteiger partial charge in [-0.3, -0.25) is 0 Å². The molecule has 0 saturated carbocycles. The van der Waals surface area contributed by atoms with E-state index in [2.05, 4.69) is 30.4 Å². The molecule has 7 heteroatoms. The number of likely N-dealkylation sites (tertiary alicyclic amines) is 1. The van der Waals surface area contributed by atoms with Gasteiger partial charge in [-0.05, 0) is 32.4 Å². The average molecular weight is 435 g/mol. The van der Waals surface area contributed by atoms with E-state index >= 15 is 8.78 Å². The summed E-state index contributed by atoms with van der Waals surface area (Å²) in [5.41, 5.74) is 5.85. The van der Waals surface area contributed by atoms with Gasteiger partial charge in [-0.1, -0.05) is 67.9 Å². The predicted octanol–water partition coefficient (Wildman–Crippen LogP) is 4.51. The number of allylic oxidation sites excluding steroid dienone is 3. The first kappa shape index (κ1) is 24.2. The minimum Gasteiger partial charge on any atom is -0.378 e. The largest absolute Gasteiger partial charge is 0.378 e. The Bertz CT molecular complexity index is 764. The van der Waals surface area contributed by atoms with Crippen molar-refractivity contribution in [3.63, 3.8) is 0 Å².